The van der Waals surface area contributed by atoms with E-state index < -0.39 is 0 Å². The maximum atomic E-state index is 5.35. The van der Waals surface area contributed by atoms with E-state index in [1.54, 1.807) is 5.01 Å². The lowest BCUT2D eigenvalue weighted by Crippen LogP contribution is -2.17. The molecule has 0 aromatic heterocycles. The largest absolute Gasteiger partial charge is 0.391 e. The molecule has 0 atom stereocenters. The van der Waals surface area contributed by atoms with Gasteiger partial charge in [0.15, 0.2) is 0 Å². The van der Waals surface area contributed by atoms with Crippen molar-refractivity contribution in [2.24, 2.45) is 5.73 Å². The molecule has 3 nitrogen and oxygen atoms in total. The van der Waals surface area contributed by atoms with E-state index in [-0.39, 0.29) is 0 Å². The summed E-state index contributed by atoms with van der Waals surface area (Å²) in [6, 6.07) is 0. The molecule has 0 unspecified atom stereocenters. The van der Waals surface area contributed by atoms with Gasteiger partial charge < -0.3 is 10.7 Å². The Morgan fingerprint density at radius 3 is 2.86 bits per heavy atom. The van der Waals surface area contributed by atoms with Crippen LogP contribution in [0.4, 0.5) is 0 Å². The van der Waals surface area contributed by atoms with Gasteiger partial charge in [-0.3, -0.25) is 0 Å². The molecule has 0 saturated carbocycles. The number of rotatable bonds is 0. The summed E-state index contributed by atoms with van der Waals surface area (Å²) < 4.78 is 0. The molecule has 4 heteroatoms. The maximum absolute atomic E-state index is 5.35. The van der Waals surface area contributed by atoms with E-state index in [0.29, 0.717) is 0 Å². The molecule has 0 bridgehead atoms. The van der Waals surface area contributed by atoms with Gasteiger partial charge in [-0.15, -0.1) is 0 Å². The highest BCUT2D eigenvalue weighted by Crippen LogP contribution is 2.11. The third-order valence-corrected chi connectivity index (χ3v) is 1.35. The van der Waals surface area contributed by atoms with E-state index in [0.717, 1.165) is 5.03 Å². The summed E-state index contributed by atoms with van der Waals surface area (Å²) >= 11 is 1.42. The smallest absolute Gasteiger partial charge is 0.100 e. The molecule has 0 amide bonds. The molecule has 1 heterocycles. The van der Waals surface area contributed by atoms with Crippen LogP contribution in [-0.2, 0) is 0 Å². The molecule has 0 fully saturated rings. The molecule has 0 saturated heterocycles. The molecule has 0 spiro atoms. The van der Waals surface area contributed by atoms with Crippen molar-refractivity contribution in [1.82, 2.24) is 9.84 Å². The Kier molecular flexibility index (Phi) is 1.12. The molecule has 1 aliphatic rings. The average Bonchev–Trinajstić information content (AvgIpc) is 1.87. The third kappa shape index (κ3) is 1.01. The first kappa shape index (κ1) is 4.80. The van der Waals surface area contributed by atoms with E-state index in [1.165, 1.54) is 11.9 Å². The first-order valence-corrected chi connectivity index (χ1v) is 2.73. The van der Waals surface area contributed by atoms with Crippen LogP contribution in [0, 0.1) is 0 Å². The fourth-order valence-corrected chi connectivity index (χ4v) is 0.881. The zero-order valence-corrected chi connectivity index (χ0v) is 4.83. The Bertz CT molecular complexity index is 100. The van der Waals surface area contributed by atoms with Gasteiger partial charge in [0.1, 0.15) is 5.03 Å². The Morgan fingerprint density at radius 1 is 2.00 bits per heavy atom. The van der Waals surface area contributed by atoms with E-state index in [4.69, 9.17) is 5.73 Å². The number of hydrogen-bond acceptors (Lipinski definition) is 4. The first-order chi connectivity index (χ1) is 3.29. The maximum Gasteiger partial charge on any atom is 0.100 e. The minimum Gasteiger partial charge on any atom is -0.391 e. The fourth-order valence-electron chi connectivity index (χ4n) is 0.368. The molecule has 0 aromatic carbocycles. The van der Waals surface area contributed by atoms with Crippen LogP contribution in [0.2, 0.25) is 0 Å². The predicted octanol–water partition coefficient (Wildman–Crippen LogP) is -0.158. The number of hydrazine groups is 1. The van der Waals surface area contributed by atoms with Gasteiger partial charge in [0.25, 0.3) is 0 Å². The van der Waals surface area contributed by atoms with Crippen LogP contribution in [0.5, 0.6) is 0 Å². The summed E-state index contributed by atoms with van der Waals surface area (Å²) in [7, 11) is 1.90. The molecule has 3 N–H and O–H groups in total. The zero-order chi connectivity index (χ0) is 5.28. The van der Waals surface area contributed by atoms with Gasteiger partial charge in [-0.2, -0.15) is 4.83 Å². The third-order valence-electron chi connectivity index (χ3n) is 0.628. The number of hydrogen-bond donors (Lipinski definition) is 2. The summed E-state index contributed by atoms with van der Waals surface area (Å²) in [5, 5.41) is 2.61. The highest BCUT2D eigenvalue weighted by molar-refractivity contribution is 8.01. The normalized spacial score (nSPS) is 20.1. The van der Waals surface area contributed by atoms with Gasteiger partial charge in [0.2, 0.25) is 0 Å². The first-order valence-electron chi connectivity index (χ1n) is 1.91. The molecular weight excluding hydrogens is 110 g/mol. The molecule has 1 aliphatic heterocycles. The topological polar surface area (TPSA) is 41.3 Å². The Balaban J connectivity index is 2.50. The SMILES string of the molecule is CN1C=C(N)SN1. The van der Waals surface area contributed by atoms with E-state index in [9.17, 15) is 0 Å². The number of nitrogens with zero attached hydrogens (tertiary/aromatic N) is 1. The minimum absolute atomic E-state index is 0.808. The Morgan fingerprint density at radius 2 is 2.71 bits per heavy atom. The molecule has 40 valence electrons. The molecule has 0 radical (unpaired) electrons. The van der Waals surface area contributed by atoms with Gasteiger partial charge in [-0.25, -0.2) is 0 Å². The number of nitrogens with two attached hydrogens (primary N) is 1. The van der Waals surface area contributed by atoms with Crippen LogP contribution in [0.25, 0.3) is 0 Å². The van der Waals surface area contributed by atoms with Crippen LogP contribution in [0.15, 0.2) is 11.2 Å². The summed E-state index contributed by atoms with van der Waals surface area (Å²) in [5.74, 6) is 0. The van der Waals surface area contributed by atoms with Crippen molar-refractivity contribution in [2.75, 3.05) is 7.05 Å². The standard InChI is InChI=1S/C3H7N3S/c1-6-2-3(4)7-5-6/h2,5H,4H2,1H3. The van der Waals surface area contributed by atoms with Gasteiger partial charge >= 0.3 is 0 Å². The van der Waals surface area contributed by atoms with Gasteiger partial charge in [-0.1, -0.05) is 0 Å². The minimum atomic E-state index is 0.808. The average molecular weight is 117 g/mol. The van der Waals surface area contributed by atoms with Crippen molar-refractivity contribution in [3.05, 3.63) is 11.2 Å². The summed E-state index contributed by atoms with van der Waals surface area (Å²) in [5.41, 5.74) is 5.35. The van der Waals surface area contributed by atoms with E-state index in [1.807, 2.05) is 13.2 Å². The summed E-state index contributed by atoms with van der Waals surface area (Å²) in [6.07, 6.45) is 1.82. The second-order valence-corrected chi connectivity index (χ2v) is 2.19. The monoisotopic (exact) mass is 117 g/mol. The van der Waals surface area contributed by atoms with Crippen molar-refractivity contribution >= 4 is 11.9 Å². The van der Waals surface area contributed by atoms with Crippen molar-refractivity contribution in [3.8, 4) is 0 Å². The summed E-state index contributed by atoms with van der Waals surface area (Å²) in [6.45, 7) is 0. The lowest BCUT2D eigenvalue weighted by atomic mass is 10.9. The molecule has 0 aliphatic carbocycles. The van der Waals surface area contributed by atoms with Crippen LogP contribution in [0.1, 0.15) is 0 Å². The highest BCUT2D eigenvalue weighted by atomic mass is 32.2. The highest BCUT2D eigenvalue weighted by Gasteiger charge is 2.01. The van der Waals surface area contributed by atoms with Gasteiger partial charge in [-0.05, 0) is 11.9 Å². The lowest BCUT2D eigenvalue weighted by Gasteiger charge is -2.02. The van der Waals surface area contributed by atoms with Crippen LogP contribution in [0.3, 0.4) is 0 Å². The van der Waals surface area contributed by atoms with Crippen molar-refractivity contribution in [2.45, 2.75) is 0 Å². The molecular formula is C3H7N3S. The van der Waals surface area contributed by atoms with Crippen LogP contribution >= 0.6 is 11.9 Å². The Hall–Kier alpha value is -0.350. The molecule has 1 rings (SSSR count). The molecule has 0 aromatic rings. The number of nitrogens with one attached hydrogen (secondary N) is 1. The second-order valence-electron chi connectivity index (χ2n) is 1.34. The lowest BCUT2D eigenvalue weighted by molar-refractivity contribution is 0.443. The fraction of sp³-hybridized carbons (Fsp3) is 0.333. The second kappa shape index (κ2) is 1.63. The predicted molar refractivity (Wildman–Crippen MR) is 30.8 cm³/mol. The van der Waals surface area contributed by atoms with Crippen molar-refractivity contribution < 1.29 is 0 Å². The van der Waals surface area contributed by atoms with Crippen molar-refractivity contribution in [1.29, 1.82) is 0 Å². The Labute approximate surface area is 46.7 Å². The van der Waals surface area contributed by atoms with Crippen LogP contribution < -0.4 is 10.6 Å². The molecule has 7 heavy (non-hydrogen) atoms. The van der Waals surface area contributed by atoms with Crippen LogP contribution in [-0.4, -0.2) is 12.1 Å². The quantitative estimate of drug-likeness (QED) is 0.433. The van der Waals surface area contributed by atoms with E-state index in [2.05, 4.69) is 4.83 Å². The van der Waals surface area contributed by atoms with Gasteiger partial charge in [0.05, 0.1) is 0 Å². The zero-order valence-electron chi connectivity index (χ0n) is 4.01. The van der Waals surface area contributed by atoms with Crippen molar-refractivity contribution in [3.63, 3.8) is 0 Å². The van der Waals surface area contributed by atoms with E-state index >= 15 is 0 Å². The van der Waals surface area contributed by atoms with Gasteiger partial charge in [0, 0.05) is 13.2 Å². The summed E-state index contributed by atoms with van der Waals surface area (Å²) in [4.78, 5) is 2.90.